The Kier molecular flexibility index (Phi) is 4.52. The van der Waals surface area contributed by atoms with E-state index in [4.69, 9.17) is 0 Å². The van der Waals surface area contributed by atoms with Gasteiger partial charge in [-0.1, -0.05) is 32.0 Å². The van der Waals surface area contributed by atoms with Gasteiger partial charge in [-0.15, -0.1) is 0 Å². The molecule has 18 heavy (non-hydrogen) atoms. The molecule has 2 rings (SSSR count). The summed E-state index contributed by atoms with van der Waals surface area (Å²) in [5, 5.41) is 3.45. The molecule has 4 heteroatoms. The number of nitrogens with one attached hydrogen (secondary N) is 1. The summed E-state index contributed by atoms with van der Waals surface area (Å²) >= 11 is 2.25. The first-order chi connectivity index (χ1) is 8.76. The Hall–Kier alpha value is -1.17. The summed E-state index contributed by atoms with van der Waals surface area (Å²) in [7, 11) is 0. The third kappa shape index (κ3) is 2.80. The van der Waals surface area contributed by atoms with Crippen molar-refractivity contribution in [2.45, 2.75) is 26.7 Å². The minimum Gasteiger partial charge on any atom is -0.339 e. The Bertz CT molecular complexity index is 518. The predicted molar refractivity (Wildman–Crippen MR) is 83.2 cm³/mol. The van der Waals surface area contributed by atoms with Gasteiger partial charge < -0.3 is 5.32 Å². The maximum Gasteiger partial charge on any atom is 0.147 e. The lowest BCUT2D eigenvalue weighted by Gasteiger charge is -2.15. The van der Waals surface area contributed by atoms with Crippen LogP contribution in [0.25, 0.3) is 0 Å². The van der Waals surface area contributed by atoms with Crippen molar-refractivity contribution in [2.24, 2.45) is 0 Å². The highest BCUT2D eigenvalue weighted by Crippen LogP contribution is 2.27. The van der Waals surface area contributed by atoms with Crippen molar-refractivity contribution in [3.63, 3.8) is 0 Å². The molecular formula is C14H16IN3. The van der Waals surface area contributed by atoms with Crippen LogP contribution in [-0.4, -0.2) is 9.97 Å². The summed E-state index contributed by atoms with van der Waals surface area (Å²) in [6, 6.07) is 6.44. The average molecular weight is 353 g/mol. The second kappa shape index (κ2) is 6.13. The van der Waals surface area contributed by atoms with Crippen molar-refractivity contribution in [3.8, 4) is 0 Å². The largest absolute Gasteiger partial charge is 0.339 e. The zero-order valence-electron chi connectivity index (χ0n) is 10.6. The molecule has 0 saturated heterocycles. The highest BCUT2D eigenvalue weighted by atomic mass is 127. The van der Waals surface area contributed by atoms with Gasteiger partial charge in [0.15, 0.2) is 0 Å². The van der Waals surface area contributed by atoms with E-state index in [9.17, 15) is 0 Å². The lowest BCUT2D eigenvalue weighted by molar-refractivity contribution is 1.08. The van der Waals surface area contributed by atoms with Gasteiger partial charge in [-0.2, -0.15) is 0 Å². The van der Waals surface area contributed by atoms with Gasteiger partial charge in [0.05, 0.1) is 3.57 Å². The number of rotatable bonds is 4. The van der Waals surface area contributed by atoms with Crippen LogP contribution in [-0.2, 0) is 12.8 Å². The van der Waals surface area contributed by atoms with Crippen LogP contribution < -0.4 is 5.32 Å². The lowest BCUT2D eigenvalue weighted by atomic mass is 10.0. The first kappa shape index (κ1) is 13.3. The molecule has 0 spiro atoms. The Balaban J connectivity index is 2.42. The number of aromatic nitrogens is 2. The third-order valence-electron chi connectivity index (χ3n) is 2.91. The zero-order chi connectivity index (χ0) is 13.0. The number of halogens is 1. The molecule has 0 aliphatic rings. The van der Waals surface area contributed by atoms with Crippen LogP contribution in [0.1, 0.15) is 25.0 Å². The smallest absolute Gasteiger partial charge is 0.147 e. The maximum atomic E-state index is 4.29. The fraction of sp³-hybridized carbons (Fsp3) is 0.286. The molecule has 1 aromatic carbocycles. The van der Waals surface area contributed by atoms with Gasteiger partial charge in [0, 0.05) is 11.9 Å². The van der Waals surface area contributed by atoms with Crippen LogP contribution >= 0.6 is 22.6 Å². The van der Waals surface area contributed by atoms with Gasteiger partial charge in [0.2, 0.25) is 0 Å². The van der Waals surface area contributed by atoms with Crippen LogP contribution in [0.5, 0.6) is 0 Å². The van der Waals surface area contributed by atoms with Crippen molar-refractivity contribution in [3.05, 3.63) is 45.4 Å². The summed E-state index contributed by atoms with van der Waals surface area (Å²) in [5.41, 5.74) is 3.84. The number of hydrogen-bond acceptors (Lipinski definition) is 3. The standard InChI is InChI=1S/C14H16IN3/c1-3-10-6-5-7-11(4-2)13(10)18-14-12(15)8-16-9-17-14/h5-9H,3-4H2,1-2H3,(H,16,17,18). The fourth-order valence-corrected chi connectivity index (χ4v) is 2.36. The van der Waals surface area contributed by atoms with Crippen molar-refractivity contribution in [1.29, 1.82) is 0 Å². The van der Waals surface area contributed by atoms with Gasteiger partial charge in [0.1, 0.15) is 12.1 Å². The molecule has 1 heterocycles. The molecule has 0 fully saturated rings. The van der Waals surface area contributed by atoms with Crippen molar-refractivity contribution >= 4 is 34.1 Å². The van der Waals surface area contributed by atoms with E-state index >= 15 is 0 Å². The monoisotopic (exact) mass is 353 g/mol. The van der Waals surface area contributed by atoms with Crippen LogP contribution in [0, 0.1) is 3.57 Å². The molecule has 94 valence electrons. The number of anilines is 2. The second-order valence-corrected chi connectivity index (χ2v) is 5.16. The molecule has 0 radical (unpaired) electrons. The summed E-state index contributed by atoms with van der Waals surface area (Å²) in [6.45, 7) is 4.34. The van der Waals surface area contributed by atoms with Gasteiger partial charge in [-0.25, -0.2) is 9.97 Å². The highest BCUT2D eigenvalue weighted by Gasteiger charge is 2.08. The van der Waals surface area contributed by atoms with Gasteiger partial charge in [-0.05, 0) is 46.6 Å². The summed E-state index contributed by atoms with van der Waals surface area (Å²) < 4.78 is 1.03. The molecule has 0 aliphatic carbocycles. The second-order valence-electron chi connectivity index (χ2n) is 4.00. The number of aryl methyl sites for hydroxylation is 2. The summed E-state index contributed by atoms with van der Waals surface area (Å²) in [4.78, 5) is 8.31. The Morgan fingerprint density at radius 1 is 1.17 bits per heavy atom. The topological polar surface area (TPSA) is 37.8 Å². The van der Waals surface area contributed by atoms with Crippen molar-refractivity contribution in [2.75, 3.05) is 5.32 Å². The Morgan fingerprint density at radius 3 is 2.39 bits per heavy atom. The minimum absolute atomic E-state index is 0.876. The average Bonchev–Trinajstić information content (AvgIpc) is 2.41. The highest BCUT2D eigenvalue weighted by molar-refractivity contribution is 14.1. The van der Waals surface area contributed by atoms with Crippen LogP contribution in [0.4, 0.5) is 11.5 Å². The van der Waals surface area contributed by atoms with E-state index in [1.54, 1.807) is 6.33 Å². The Morgan fingerprint density at radius 2 is 1.83 bits per heavy atom. The number of para-hydroxylation sites is 1. The SMILES string of the molecule is CCc1cccc(CC)c1Nc1ncncc1I. The number of hydrogen-bond donors (Lipinski definition) is 1. The number of benzene rings is 1. The number of nitrogens with zero attached hydrogens (tertiary/aromatic N) is 2. The van der Waals surface area contributed by atoms with Gasteiger partial charge >= 0.3 is 0 Å². The van der Waals surface area contributed by atoms with Crippen LogP contribution in [0.3, 0.4) is 0 Å². The van der Waals surface area contributed by atoms with Crippen LogP contribution in [0.2, 0.25) is 0 Å². The minimum atomic E-state index is 0.876. The molecule has 0 bridgehead atoms. The van der Waals surface area contributed by atoms with E-state index in [1.807, 2.05) is 6.20 Å². The van der Waals surface area contributed by atoms with Gasteiger partial charge in [-0.3, -0.25) is 0 Å². The van der Waals surface area contributed by atoms with E-state index in [-0.39, 0.29) is 0 Å². The molecule has 0 atom stereocenters. The Labute approximate surface area is 121 Å². The zero-order valence-corrected chi connectivity index (χ0v) is 12.7. The molecule has 0 amide bonds. The van der Waals surface area contributed by atoms with E-state index < -0.39 is 0 Å². The molecule has 1 N–H and O–H groups in total. The maximum absolute atomic E-state index is 4.29. The fourth-order valence-electron chi connectivity index (χ4n) is 1.93. The summed E-state index contributed by atoms with van der Waals surface area (Å²) in [6.07, 6.45) is 5.41. The van der Waals surface area contributed by atoms with E-state index in [2.05, 4.69) is 69.9 Å². The third-order valence-corrected chi connectivity index (χ3v) is 3.70. The normalized spacial score (nSPS) is 10.4. The summed E-state index contributed by atoms with van der Waals surface area (Å²) in [5.74, 6) is 0.876. The van der Waals surface area contributed by atoms with E-state index in [0.717, 1.165) is 22.2 Å². The van der Waals surface area contributed by atoms with E-state index in [1.165, 1.54) is 16.8 Å². The lowest BCUT2D eigenvalue weighted by Crippen LogP contribution is -2.03. The quantitative estimate of drug-likeness (QED) is 0.846. The first-order valence-electron chi connectivity index (χ1n) is 6.09. The van der Waals surface area contributed by atoms with Gasteiger partial charge in [0.25, 0.3) is 0 Å². The molecule has 2 aromatic rings. The molecule has 0 unspecified atom stereocenters. The molecule has 0 saturated carbocycles. The van der Waals surface area contributed by atoms with Crippen molar-refractivity contribution < 1.29 is 0 Å². The van der Waals surface area contributed by atoms with Crippen LogP contribution in [0.15, 0.2) is 30.7 Å². The molecule has 3 nitrogen and oxygen atoms in total. The first-order valence-corrected chi connectivity index (χ1v) is 7.17. The molecule has 1 aromatic heterocycles. The molecular weight excluding hydrogens is 337 g/mol. The van der Waals surface area contributed by atoms with Crippen molar-refractivity contribution in [1.82, 2.24) is 9.97 Å². The van der Waals surface area contributed by atoms with E-state index in [0.29, 0.717) is 0 Å². The predicted octanol–water partition coefficient (Wildman–Crippen LogP) is 3.95. The molecule has 0 aliphatic heterocycles.